The van der Waals surface area contributed by atoms with Gasteiger partial charge < -0.3 is 24.4 Å². The van der Waals surface area contributed by atoms with Gasteiger partial charge in [0.15, 0.2) is 11.5 Å². The topological polar surface area (TPSA) is 127 Å². The molecule has 3 heterocycles. The first kappa shape index (κ1) is 27.5. The maximum atomic E-state index is 14.2. The van der Waals surface area contributed by atoms with Crippen LogP contribution in [0.25, 0.3) is 0 Å². The summed E-state index contributed by atoms with van der Waals surface area (Å²) in [6.07, 6.45) is 3.20. The lowest BCUT2D eigenvalue weighted by molar-refractivity contribution is -0.139. The summed E-state index contributed by atoms with van der Waals surface area (Å²) in [6.45, 7) is -0.395. The summed E-state index contributed by atoms with van der Waals surface area (Å²) >= 11 is 0. The van der Waals surface area contributed by atoms with Crippen LogP contribution in [0, 0.1) is 0 Å². The van der Waals surface area contributed by atoms with E-state index in [1.54, 1.807) is 91.3 Å². The van der Waals surface area contributed by atoms with Gasteiger partial charge in [0.2, 0.25) is 12.7 Å². The number of anilines is 2. The van der Waals surface area contributed by atoms with Gasteiger partial charge in [-0.25, -0.2) is 0 Å². The molecule has 0 saturated carbocycles. The van der Waals surface area contributed by atoms with Crippen molar-refractivity contribution in [1.29, 1.82) is 0 Å². The number of methoxy groups -OCH3 is 1. The van der Waals surface area contributed by atoms with Crippen molar-refractivity contribution in [2.24, 2.45) is 0 Å². The van der Waals surface area contributed by atoms with Crippen LogP contribution in [-0.4, -0.2) is 53.8 Å². The summed E-state index contributed by atoms with van der Waals surface area (Å²) in [6, 6.07) is 20.7. The highest BCUT2D eigenvalue weighted by Gasteiger charge is 2.39. The van der Waals surface area contributed by atoms with Crippen LogP contribution in [-0.2, 0) is 20.9 Å². The number of carbonyl (C=O) groups is 4. The number of para-hydroxylation sites is 1. The van der Waals surface area contributed by atoms with Crippen molar-refractivity contribution in [3.63, 3.8) is 0 Å². The van der Waals surface area contributed by atoms with E-state index in [1.807, 2.05) is 0 Å². The fraction of sp³-hybridized carbons (Fsp3) is 0.156. The summed E-state index contributed by atoms with van der Waals surface area (Å²) in [4.78, 5) is 60.6. The first-order valence-electron chi connectivity index (χ1n) is 13.4. The Morgan fingerprint density at radius 2 is 1.84 bits per heavy atom. The van der Waals surface area contributed by atoms with Crippen molar-refractivity contribution in [3.8, 4) is 17.2 Å². The largest absolute Gasteiger partial charge is 0.497 e. The third-order valence-corrected chi connectivity index (χ3v) is 7.18. The number of rotatable bonds is 9. The molecule has 4 aromatic rings. The number of nitrogens with one attached hydrogen (secondary N) is 1. The van der Waals surface area contributed by atoms with Gasteiger partial charge in [0.05, 0.1) is 18.4 Å². The summed E-state index contributed by atoms with van der Waals surface area (Å²) in [7, 11) is 1.51. The van der Waals surface area contributed by atoms with E-state index in [4.69, 9.17) is 14.2 Å². The summed E-state index contributed by atoms with van der Waals surface area (Å²) in [5.74, 6) is -1.05. The average Bonchev–Trinajstić information content (AvgIpc) is 3.59. The van der Waals surface area contributed by atoms with Crippen LogP contribution in [0.3, 0.4) is 0 Å². The second-order valence-corrected chi connectivity index (χ2v) is 9.86. The predicted octanol–water partition coefficient (Wildman–Crippen LogP) is 3.76. The Morgan fingerprint density at radius 3 is 2.65 bits per heavy atom. The number of aromatic nitrogens is 1. The lowest BCUT2D eigenvalue weighted by atomic mass is 10.0. The molecule has 1 atom stereocenters. The van der Waals surface area contributed by atoms with Crippen LogP contribution in [0.4, 0.5) is 11.4 Å². The van der Waals surface area contributed by atoms with Crippen LogP contribution in [0.1, 0.15) is 27.5 Å². The SMILES string of the molecule is COc1cccc([C@@H](C(=O)Nc2ccc3c(c2)OCO3)N(Cc2cccnc2)C(=O)CN2C(=O)C(=O)c3ccccc32)c1. The van der Waals surface area contributed by atoms with Crippen molar-refractivity contribution in [2.75, 3.05) is 30.7 Å². The molecule has 0 fully saturated rings. The zero-order valence-electron chi connectivity index (χ0n) is 23.1. The summed E-state index contributed by atoms with van der Waals surface area (Å²) in [5.41, 5.74) is 2.13. The van der Waals surface area contributed by atoms with E-state index in [2.05, 4.69) is 10.3 Å². The van der Waals surface area contributed by atoms with E-state index in [1.165, 1.54) is 12.0 Å². The lowest BCUT2D eigenvalue weighted by Gasteiger charge is -2.33. The van der Waals surface area contributed by atoms with Gasteiger partial charge in [0.25, 0.3) is 17.6 Å². The molecule has 0 bridgehead atoms. The predicted molar refractivity (Wildman–Crippen MR) is 155 cm³/mol. The molecular weight excluding hydrogens is 552 g/mol. The van der Waals surface area contributed by atoms with Crippen molar-refractivity contribution in [2.45, 2.75) is 12.6 Å². The second kappa shape index (κ2) is 11.6. The fourth-order valence-electron chi connectivity index (χ4n) is 5.11. The zero-order chi connectivity index (χ0) is 29.9. The maximum absolute atomic E-state index is 14.2. The first-order valence-corrected chi connectivity index (χ1v) is 13.4. The molecule has 11 heteroatoms. The molecule has 0 spiro atoms. The third kappa shape index (κ3) is 5.47. The molecule has 11 nitrogen and oxygen atoms in total. The maximum Gasteiger partial charge on any atom is 0.299 e. The van der Waals surface area contributed by atoms with Crippen LogP contribution in [0.2, 0.25) is 0 Å². The number of pyridine rings is 1. The Labute approximate surface area is 246 Å². The molecule has 3 aromatic carbocycles. The van der Waals surface area contributed by atoms with Crippen LogP contribution in [0.5, 0.6) is 17.2 Å². The molecule has 2 aliphatic heterocycles. The second-order valence-electron chi connectivity index (χ2n) is 9.86. The quantitative estimate of drug-likeness (QED) is 0.298. The Hall–Kier alpha value is -5.71. The molecule has 0 radical (unpaired) electrons. The van der Waals surface area contributed by atoms with Gasteiger partial charge in [0, 0.05) is 30.7 Å². The number of ether oxygens (including phenoxy) is 3. The smallest absolute Gasteiger partial charge is 0.299 e. The van der Waals surface area contributed by atoms with E-state index in [-0.39, 0.29) is 18.9 Å². The molecule has 0 saturated heterocycles. The third-order valence-electron chi connectivity index (χ3n) is 7.18. The van der Waals surface area contributed by atoms with Crippen LogP contribution < -0.4 is 24.4 Å². The molecule has 43 heavy (non-hydrogen) atoms. The monoisotopic (exact) mass is 578 g/mol. The van der Waals surface area contributed by atoms with E-state index in [0.29, 0.717) is 39.8 Å². The van der Waals surface area contributed by atoms with Gasteiger partial charge >= 0.3 is 0 Å². The highest BCUT2D eigenvalue weighted by Crippen LogP contribution is 2.36. The minimum atomic E-state index is -1.17. The molecule has 0 aliphatic carbocycles. The molecular formula is C32H26N4O7. The van der Waals surface area contributed by atoms with Crippen LogP contribution in [0.15, 0.2) is 91.3 Å². The Bertz CT molecular complexity index is 1730. The number of ketones is 1. The minimum absolute atomic E-state index is 0.0132. The van der Waals surface area contributed by atoms with Gasteiger partial charge in [-0.2, -0.15) is 0 Å². The van der Waals surface area contributed by atoms with Crippen molar-refractivity contribution >= 4 is 34.9 Å². The minimum Gasteiger partial charge on any atom is -0.497 e. The molecule has 0 unspecified atom stereocenters. The molecule has 6 rings (SSSR count). The number of benzene rings is 3. The number of fused-ring (bicyclic) bond motifs is 2. The average molecular weight is 579 g/mol. The van der Waals surface area contributed by atoms with Gasteiger partial charge in [-0.15, -0.1) is 0 Å². The Morgan fingerprint density at radius 1 is 1.00 bits per heavy atom. The number of hydrogen-bond donors (Lipinski definition) is 1. The Balaban J connectivity index is 1.39. The van der Waals surface area contributed by atoms with Crippen molar-refractivity contribution in [1.82, 2.24) is 9.88 Å². The molecule has 216 valence electrons. The van der Waals surface area contributed by atoms with Crippen LogP contribution >= 0.6 is 0 Å². The van der Waals surface area contributed by atoms with Gasteiger partial charge in [-0.05, 0) is 53.6 Å². The highest BCUT2D eigenvalue weighted by molar-refractivity contribution is 6.52. The lowest BCUT2D eigenvalue weighted by Crippen LogP contribution is -2.46. The van der Waals surface area contributed by atoms with E-state index in [0.717, 1.165) is 4.90 Å². The van der Waals surface area contributed by atoms with E-state index in [9.17, 15) is 19.2 Å². The number of hydrogen-bond acceptors (Lipinski definition) is 8. The fourth-order valence-corrected chi connectivity index (χ4v) is 5.11. The van der Waals surface area contributed by atoms with Gasteiger partial charge in [0.1, 0.15) is 18.3 Å². The normalized spacial score (nSPS) is 13.8. The molecule has 1 N–H and O–H groups in total. The van der Waals surface area contributed by atoms with Crippen molar-refractivity contribution in [3.05, 3.63) is 108 Å². The zero-order valence-corrected chi connectivity index (χ0v) is 23.1. The molecule has 2 aliphatic rings. The Kier molecular flexibility index (Phi) is 7.44. The number of amides is 3. The van der Waals surface area contributed by atoms with Crippen molar-refractivity contribution < 1.29 is 33.4 Å². The number of carbonyl (C=O) groups excluding carboxylic acids is 4. The van der Waals surface area contributed by atoms with E-state index >= 15 is 0 Å². The number of Topliss-reactive ketones (excluding diaryl/α,β-unsaturated/α-hetero) is 1. The first-order chi connectivity index (χ1) is 20.9. The van der Waals surface area contributed by atoms with E-state index < -0.39 is 36.1 Å². The standard InChI is InChI=1S/C32H26N4O7/c1-41-23-8-4-7-21(14-23)29(31(39)34-22-11-12-26-27(15-22)43-19-42-26)36(17-20-6-5-13-33-16-20)28(37)18-35-25-10-3-2-9-24(25)30(38)32(35)40/h2-16,29H,17-19H2,1H3,(H,34,39)/t29-/m0/s1. The van der Waals surface area contributed by atoms with Gasteiger partial charge in [-0.3, -0.25) is 29.1 Å². The highest BCUT2D eigenvalue weighted by atomic mass is 16.7. The summed E-state index contributed by atoms with van der Waals surface area (Å²) < 4.78 is 16.3. The number of nitrogens with zero attached hydrogens (tertiary/aromatic N) is 3. The summed E-state index contributed by atoms with van der Waals surface area (Å²) in [5, 5.41) is 2.89. The molecule has 1 aromatic heterocycles. The molecule has 3 amide bonds. The van der Waals surface area contributed by atoms with Gasteiger partial charge in [-0.1, -0.05) is 30.3 Å².